The number of likely N-dealkylation sites (tertiary alicyclic amines) is 1. The highest BCUT2D eigenvalue weighted by molar-refractivity contribution is 5.70. The van der Waals surface area contributed by atoms with Gasteiger partial charge in [-0.15, -0.1) is 0 Å². The molecule has 0 bridgehead atoms. The van der Waals surface area contributed by atoms with Gasteiger partial charge in [-0.05, 0) is 55.2 Å². The lowest BCUT2D eigenvalue weighted by atomic mass is 9.90. The van der Waals surface area contributed by atoms with E-state index in [0.717, 1.165) is 37.7 Å². The second kappa shape index (κ2) is 8.13. The Labute approximate surface area is 147 Å². The maximum atomic E-state index is 10.9. The van der Waals surface area contributed by atoms with Gasteiger partial charge in [0.2, 0.25) is 0 Å². The molecule has 25 heavy (non-hydrogen) atoms. The highest BCUT2D eigenvalue weighted by Gasteiger charge is 2.24. The van der Waals surface area contributed by atoms with Crippen LogP contribution in [0, 0.1) is 17.2 Å². The normalized spacial score (nSPS) is 21.5. The van der Waals surface area contributed by atoms with Crippen molar-refractivity contribution in [3.8, 4) is 6.07 Å². The minimum Gasteiger partial charge on any atom is -0.465 e. The van der Waals surface area contributed by atoms with Crippen LogP contribution >= 0.6 is 0 Å². The number of amides is 1. The van der Waals surface area contributed by atoms with Gasteiger partial charge in [-0.1, -0.05) is 6.08 Å². The van der Waals surface area contributed by atoms with Gasteiger partial charge in [0.15, 0.2) is 0 Å². The van der Waals surface area contributed by atoms with Crippen LogP contribution in [-0.4, -0.2) is 46.9 Å². The van der Waals surface area contributed by atoms with Gasteiger partial charge in [0.05, 0.1) is 11.7 Å². The molecule has 1 saturated heterocycles. The molecule has 1 amide bonds. The Balaban J connectivity index is 1.47. The van der Waals surface area contributed by atoms with E-state index in [-0.39, 0.29) is 6.10 Å². The summed E-state index contributed by atoms with van der Waals surface area (Å²) >= 11 is 0. The van der Waals surface area contributed by atoms with Crippen molar-refractivity contribution in [2.45, 2.75) is 38.2 Å². The second-order valence-electron chi connectivity index (χ2n) is 6.71. The summed E-state index contributed by atoms with van der Waals surface area (Å²) in [6.45, 7) is 1.92. The van der Waals surface area contributed by atoms with Gasteiger partial charge in [-0.3, -0.25) is 4.98 Å². The maximum Gasteiger partial charge on any atom is 0.407 e. The molecule has 6 heteroatoms. The first-order chi connectivity index (χ1) is 12.2. The van der Waals surface area contributed by atoms with Gasteiger partial charge in [0.1, 0.15) is 6.07 Å². The minimum absolute atomic E-state index is 0.216. The Kier molecular flexibility index (Phi) is 5.67. The third kappa shape index (κ3) is 4.37. The molecule has 1 aliphatic heterocycles. The molecule has 6 nitrogen and oxygen atoms in total. The molecule has 1 aromatic rings. The molecular weight excluding hydrogens is 318 g/mol. The standard InChI is InChI=1S/C19H23N3O3/c20-11-16-12-21-8-5-18(16)15-1-3-17(4-2-15)25-13-14-6-9-22(10-7-14)19(23)24/h1,5,8,12,14,17H,2-4,6-7,9-10,13H2,(H,23,24). The highest BCUT2D eigenvalue weighted by atomic mass is 16.5. The monoisotopic (exact) mass is 341 g/mol. The van der Waals surface area contributed by atoms with Crippen molar-refractivity contribution in [2.75, 3.05) is 19.7 Å². The van der Waals surface area contributed by atoms with Gasteiger partial charge in [-0.25, -0.2) is 4.79 Å². The van der Waals surface area contributed by atoms with Crippen molar-refractivity contribution in [1.82, 2.24) is 9.88 Å². The van der Waals surface area contributed by atoms with E-state index in [0.29, 0.717) is 31.2 Å². The van der Waals surface area contributed by atoms with Gasteiger partial charge in [-0.2, -0.15) is 5.26 Å². The Morgan fingerprint density at radius 1 is 1.40 bits per heavy atom. The Bertz CT molecular complexity index is 687. The van der Waals surface area contributed by atoms with E-state index < -0.39 is 6.09 Å². The van der Waals surface area contributed by atoms with E-state index in [4.69, 9.17) is 9.84 Å². The number of pyridine rings is 1. The molecule has 3 rings (SSSR count). The highest BCUT2D eigenvalue weighted by Crippen LogP contribution is 2.30. The molecule has 1 atom stereocenters. The summed E-state index contributed by atoms with van der Waals surface area (Å²) in [5.74, 6) is 0.450. The minimum atomic E-state index is -0.822. The van der Waals surface area contributed by atoms with E-state index in [9.17, 15) is 10.1 Å². The molecule has 1 fully saturated rings. The molecule has 0 aromatic carbocycles. The molecule has 1 unspecified atom stereocenters. The lowest BCUT2D eigenvalue weighted by molar-refractivity contribution is 0.0101. The predicted molar refractivity (Wildman–Crippen MR) is 92.8 cm³/mol. The molecule has 2 aliphatic rings. The summed E-state index contributed by atoms with van der Waals surface area (Å²) in [7, 11) is 0. The van der Waals surface area contributed by atoms with Crippen LogP contribution in [0.5, 0.6) is 0 Å². The van der Waals surface area contributed by atoms with E-state index in [2.05, 4.69) is 17.1 Å². The first kappa shape index (κ1) is 17.4. The van der Waals surface area contributed by atoms with E-state index >= 15 is 0 Å². The van der Waals surface area contributed by atoms with Crippen molar-refractivity contribution in [1.29, 1.82) is 5.26 Å². The number of carbonyl (C=O) groups is 1. The number of allylic oxidation sites excluding steroid dienone is 1. The fourth-order valence-corrected chi connectivity index (χ4v) is 3.53. The summed E-state index contributed by atoms with van der Waals surface area (Å²) < 4.78 is 6.07. The molecule has 0 spiro atoms. The Morgan fingerprint density at radius 3 is 2.84 bits per heavy atom. The van der Waals surface area contributed by atoms with Crippen LogP contribution in [0.25, 0.3) is 5.57 Å². The lowest BCUT2D eigenvalue weighted by Gasteiger charge is -2.31. The fraction of sp³-hybridized carbons (Fsp3) is 0.526. The van der Waals surface area contributed by atoms with Crippen LogP contribution in [0.15, 0.2) is 24.5 Å². The summed E-state index contributed by atoms with van der Waals surface area (Å²) in [5.41, 5.74) is 2.81. The van der Waals surface area contributed by atoms with Crippen molar-refractivity contribution in [2.24, 2.45) is 5.92 Å². The number of nitrogens with zero attached hydrogens (tertiary/aromatic N) is 3. The molecular formula is C19H23N3O3. The van der Waals surface area contributed by atoms with Crippen LogP contribution < -0.4 is 0 Å². The maximum absolute atomic E-state index is 10.9. The Hall–Kier alpha value is -2.39. The molecule has 0 saturated carbocycles. The zero-order valence-electron chi connectivity index (χ0n) is 14.2. The lowest BCUT2D eigenvalue weighted by Crippen LogP contribution is -2.38. The van der Waals surface area contributed by atoms with Crippen molar-refractivity contribution >= 4 is 11.7 Å². The summed E-state index contributed by atoms with van der Waals surface area (Å²) in [6.07, 6.45) is 9.38. The van der Waals surface area contributed by atoms with Gasteiger partial charge < -0.3 is 14.7 Å². The SMILES string of the molecule is N#Cc1cnccc1C1=CCC(OCC2CCN(C(=O)O)CC2)CC1. The van der Waals surface area contributed by atoms with E-state index in [1.807, 2.05) is 6.07 Å². The zero-order valence-corrected chi connectivity index (χ0v) is 14.2. The second-order valence-corrected chi connectivity index (χ2v) is 6.71. The Morgan fingerprint density at radius 2 is 2.20 bits per heavy atom. The van der Waals surface area contributed by atoms with Crippen LogP contribution in [0.4, 0.5) is 4.79 Å². The van der Waals surface area contributed by atoms with Crippen molar-refractivity contribution in [3.63, 3.8) is 0 Å². The zero-order chi connectivity index (χ0) is 17.6. The quantitative estimate of drug-likeness (QED) is 0.908. The van der Waals surface area contributed by atoms with Gasteiger partial charge in [0.25, 0.3) is 0 Å². The first-order valence-corrected chi connectivity index (χ1v) is 8.80. The summed E-state index contributed by atoms with van der Waals surface area (Å²) in [4.78, 5) is 16.4. The number of piperidine rings is 1. The number of carboxylic acid groups (broad SMARTS) is 1. The average Bonchev–Trinajstić information content (AvgIpc) is 2.67. The van der Waals surface area contributed by atoms with Crippen LogP contribution in [-0.2, 0) is 4.74 Å². The molecule has 1 aliphatic carbocycles. The number of ether oxygens (including phenoxy) is 1. The largest absolute Gasteiger partial charge is 0.465 e. The van der Waals surface area contributed by atoms with Gasteiger partial charge >= 0.3 is 6.09 Å². The average molecular weight is 341 g/mol. The molecule has 1 N–H and O–H groups in total. The fourth-order valence-electron chi connectivity index (χ4n) is 3.53. The van der Waals surface area contributed by atoms with Crippen LogP contribution in [0.1, 0.15) is 43.2 Å². The number of nitriles is 1. The summed E-state index contributed by atoms with van der Waals surface area (Å²) in [5, 5.41) is 18.2. The number of rotatable bonds is 4. The number of hydrogen-bond donors (Lipinski definition) is 1. The first-order valence-electron chi connectivity index (χ1n) is 8.80. The van der Waals surface area contributed by atoms with Crippen molar-refractivity contribution < 1.29 is 14.6 Å². The smallest absolute Gasteiger partial charge is 0.407 e. The van der Waals surface area contributed by atoms with Crippen molar-refractivity contribution in [3.05, 3.63) is 35.7 Å². The third-order valence-electron chi connectivity index (χ3n) is 5.10. The molecule has 2 heterocycles. The molecule has 1 aromatic heterocycles. The van der Waals surface area contributed by atoms with Crippen LogP contribution in [0.2, 0.25) is 0 Å². The number of aromatic nitrogens is 1. The summed E-state index contributed by atoms with van der Waals surface area (Å²) in [6, 6.07) is 4.11. The predicted octanol–water partition coefficient (Wildman–Crippen LogP) is 3.30. The third-order valence-corrected chi connectivity index (χ3v) is 5.10. The number of hydrogen-bond acceptors (Lipinski definition) is 4. The molecule has 0 radical (unpaired) electrons. The van der Waals surface area contributed by atoms with Gasteiger partial charge in [0, 0.05) is 32.1 Å². The van der Waals surface area contributed by atoms with E-state index in [1.165, 1.54) is 10.5 Å². The van der Waals surface area contributed by atoms with E-state index in [1.54, 1.807) is 12.4 Å². The molecule has 132 valence electrons. The topological polar surface area (TPSA) is 86.5 Å². The van der Waals surface area contributed by atoms with Crippen LogP contribution in [0.3, 0.4) is 0 Å².